The highest BCUT2D eigenvalue weighted by Crippen LogP contribution is 2.67. The van der Waals surface area contributed by atoms with Crippen LogP contribution in [0.3, 0.4) is 0 Å². The van der Waals surface area contributed by atoms with Crippen molar-refractivity contribution >= 4 is 29.4 Å². The van der Waals surface area contributed by atoms with Crippen molar-refractivity contribution in [1.82, 2.24) is 5.32 Å². The molecule has 0 aromatic heterocycles. The number of hydrogen-bond acceptors (Lipinski definition) is 8. The maximum Gasteiger partial charge on any atom is 0.326 e. The average molecular weight is 574 g/mol. The number of hydrogen-bond donors (Lipinski definition) is 4. The van der Waals surface area contributed by atoms with E-state index in [1.807, 2.05) is 19.9 Å². The molecule has 3 fully saturated rings. The summed E-state index contributed by atoms with van der Waals surface area (Å²) >= 11 is 0. The van der Waals surface area contributed by atoms with Gasteiger partial charge in [-0.2, -0.15) is 0 Å². The lowest BCUT2D eigenvalue weighted by Crippen LogP contribution is -2.61. The molecule has 0 unspecified atom stereocenters. The van der Waals surface area contributed by atoms with Gasteiger partial charge in [0.05, 0.1) is 12.5 Å². The summed E-state index contributed by atoms with van der Waals surface area (Å²) in [5.41, 5.74) is -2.12. The third-order valence-electron chi connectivity index (χ3n) is 10.8. The van der Waals surface area contributed by atoms with Crippen LogP contribution in [-0.2, 0) is 28.7 Å². The summed E-state index contributed by atoms with van der Waals surface area (Å²) in [7, 11) is 0. The molecule has 41 heavy (non-hydrogen) atoms. The van der Waals surface area contributed by atoms with Gasteiger partial charge in [-0.15, -0.1) is 0 Å². The molecular formula is C31H43NO9. The lowest BCUT2D eigenvalue weighted by molar-refractivity contribution is -0.181. The number of carbonyl (C=O) groups excluding carboxylic acids is 4. The SMILES string of the molecule is CC[C@H](C)[C@@H](NC(=O)CCC(=O)OCC(=O)[C@@]1(O)CC[C@H]2[C@@H]3CCC4=CC(=O)C=C[C@]4(C)[C@H]3[C@@H](O)C[C@@]21C)C(=O)O. The van der Waals surface area contributed by atoms with Gasteiger partial charge in [-0.25, -0.2) is 4.79 Å². The number of nitrogens with one attached hydrogen (secondary N) is 1. The summed E-state index contributed by atoms with van der Waals surface area (Å²) < 4.78 is 5.15. The molecule has 4 aliphatic rings. The zero-order chi connectivity index (χ0) is 30.3. The number of ketones is 2. The van der Waals surface area contributed by atoms with E-state index in [2.05, 4.69) is 12.2 Å². The van der Waals surface area contributed by atoms with Crippen LogP contribution >= 0.6 is 0 Å². The van der Waals surface area contributed by atoms with E-state index < -0.39 is 58.8 Å². The fourth-order valence-electron chi connectivity index (χ4n) is 8.27. The van der Waals surface area contributed by atoms with Crippen LogP contribution in [0.2, 0.25) is 0 Å². The van der Waals surface area contributed by atoms with E-state index in [9.17, 15) is 39.3 Å². The molecule has 1 amide bonds. The van der Waals surface area contributed by atoms with Crippen molar-refractivity contribution in [3.63, 3.8) is 0 Å². The van der Waals surface area contributed by atoms with Gasteiger partial charge in [0.2, 0.25) is 11.7 Å². The van der Waals surface area contributed by atoms with Gasteiger partial charge in [0.15, 0.2) is 12.4 Å². The first kappa shape index (κ1) is 31.1. The van der Waals surface area contributed by atoms with Gasteiger partial charge in [0, 0.05) is 23.2 Å². The highest BCUT2D eigenvalue weighted by Gasteiger charge is 2.68. The van der Waals surface area contributed by atoms with Gasteiger partial charge in [-0.1, -0.05) is 45.8 Å². The molecule has 3 saturated carbocycles. The van der Waals surface area contributed by atoms with Crippen molar-refractivity contribution in [2.45, 2.75) is 96.8 Å². The first-order valence-electron chi connectivity index (χ1n) is 14.7. The van der Waals surface area contributed by atoms with E-state index in [0.29, 0.717) is 12.8 Å². The van der Waals surface area contributed by atoms with Crippen molar-refractivity contribution in [3.8, 4) is 0 Å². The Morgan fingerprint density at radius 1 is 1.17 bits per heavy atom. The molecule has 0 radical (unpaired) electrons. The minimum atomic E-state index is -1.78. The van der Waals surface area contributed by atoms with Crippen LogP contribution in [0.4, 0.5) is 0 Å². The van der Waals surface area contributed by atoms with Gasteiger partial charge >= 0.3 is 11.9 Å². The number of carbonyl (C=O) groups is 5. The number of carboxylic acid groups (broad SMARTS) is 1. The van der Waals surface area contributed by atoms with Crippen molar-refractivity contribution in [2.24, 2.45) is 34.5 Å². The molecule has 0 aromatic rings. The molecule has 0 bridgehead atoms. The lowest BCUT2D eigenvalue weighted by atomic mass is 9.46. The molecule has 4 rings (SSSR count). The van der Waals surface area contributed by atoms with E-state index in [0.717, 1.165) is 18.4 Å². The zero-order valence-electron chi connectivity index (χ0n) is 24.4. The first-order chi connectivity index (χ1) is 19.2. The van der Waals surface area contributed by atoms with E-state index in [-0.39, 0.29) is 55.1 Å². The van der Waals surface area contributed by atoms with Gasteiger partial charge in [0.25, 0.3) is 0 Å². The fraction of sp³-hybridized carbons (Fsp3) is 0.710. The molecule has 9 atom stereocenters. The van der Waals surface area contributed by atoms with Crippen molar-refractivity contribution in [2.75, 3.05) is 6.61 Å². The van der Waals surface area contributed by atoms with E-state index in [4.69, 9.17) is 4.74 Å². The molecule has 0 heterocycles. The van der Waals surface area contributed by atoms with Gasteiger partial charge in [0.1, 0.15) is 11.6 Å². The van der Waals surface area contributed by atoms with E-state index in [1.54, 1.807) is 19.1 Å². The Bertz CT molecular complexity index is 1180. The highest BCUT2D eigenvalue weighted by atomic mass is 16.5. The second-order valence-electron chi connectivity index (χ2n) is 13.0. The van der Waals surface area contributed by atoms with Crippen LogP contribution in [0.15, 0.2) is 23.8 Å². The number of rotatable bonds is 10. The van der Waals surface area contributed by atoms with Crippen LogP contribution in [0, 0.1) is 34.5 Å². The number of fused-ring (bicyclic) bond motifs is 5. The third-order valence-corrected chi connectivity index (χ3v) is 10.8. The van der Waals surface area contributed by atoms with Gasteiger partial charge < -0.3 is 25.4 Å². The quantitative estimate of drug-likeness (QED) is 0.287. The summed E-state index contributed by atoms with van der Waals surface area (Å²) in [6.45, 7) is 6.78. The molecule has 0 aromatic carbocycles. The Morgan fingerprint density at radius 2 is 1.88 bits per heavy atom. The summed E-state index contributed by atoms with van der Waals surface area (Å²) in [6, 6.07) is -1.06. The third kappa shape index (κ3) is 5.41. The monoisotopic (exact) mass is 573 g/mol. The number of esters is 1. The number of allylic oxidation sites excluding steroid dienone is 4. The Kier molecular flexibility index (Phi) is 8.67. The number of aliphatic hydroxyl groups excluding tert-OH is 1. The number of aliphatic carboxylic acids is 1. The average Bonchev–Trinajstić information content (AvgIpc) is 3.19. The minimum absolute atomic E-state index is 0.0265. The van der Waals surface area contributed by atoms with Crippen molar-refractivity contribution in [1.29, 1.82) is 0 Å². The van der Waals surface area contributed by atoms with Crippen LogP contribution < -0.4 is 5.32 Å². The number of amides is 1. The fourth-order valence-corrected chi connectivity index (χ4v) is 8.27. The Morgan fingerprint density at radius 3 is 2.54 bits per heavy atom. The molecule has 0 saturated heterocycles. The van der Waals surface area contributed by atoms with E-state index >= 15 is 0 Å². The number of aliphatic hydroxyl groups is 2. The number of ether oxygens (including phenoxy) is 1. The largest absolute Gasteiger partial charge is 0.480 e. The Hall–Kier alpha value is -2.85. The van der Waals surface area contributed by atoms with Crippen molar-refractivity contribution in [3.05, 3.63) is 23.8 Å². The molecule has 0 aliphatic heterocycles. The Labute approximate surface area is 240 Å². The van der Waals surface area contributed by atoms with Crippen LogP contribution in [0.5, 0.6) is 0 Å². The molecule has 4 N–H and O–H groups in total. The molecular weight excluding hydrogens is 530 g/mol. The van der Waals surface area contributed by atoms with Gasteiger partial charge in [-0.3, -0.25) is 19.2 Å². The molecule has 226 valence electrons. The predicted octanol–water partition coefficient (Wildman–Crippen LogP) is 2.50. The minimum Gasteiger partial charge on any atom is -0.480 e. The number of carboxylic acids is 1. The summed E-state index contributed by atoms with van der Waals surface area (Å²) in [6.07, 6.45) is 6.76. The summed E-state index contributed by atoms with van der Waals surface area (Å²) in [4.78, 5) is 61.4. The maximum atomic E-state index is 13.4. The standard InChI is InChI=1S/C31H43NO9/c1-5-17(2)27(28(38)39)32-24(36)8-9-25(37)41-16-23(35)31(40)13-11-21-20-7-6-18-14-19(33)10-12-29(18,3)26(20)22(34)15-30(21,31)4/h10,12,14,17,20-22,26-27,34,40H,5-9,11,13,15-16H2,1-4H3,(H,32,36)(H,38,39)/t17-,20-,21-,22-,26+,27+,29-,30-,31-/m0/s1. The zero-order valence-corrected chi connectivity index (χ0v) is 24.4. The maximum absolute atomic E-state index is 13.4. The second-order valence-corrected chi connectivity index (χ2v) is 13.0. The topological polar surface area (TPSA) is 167 Å². The Balaban J connectivity index is 1.37. The van der Waals surface area contributed by atoms with Crippen LogP contribution in [0.1, 0.15) is 79.1 Å². The number of Topliss-reactive ketones (excluding diaryl/α,β-unsaturated/α-hetero) is 1. The smallest absolute Gasteiger partial charge is 0.326 e. The summed E-state index contributed by atoms with van der Waals surface area (Å²) in [5, 5.41) is 35.0. The normalized spacial score (nSPS) is 37.1. The molecule has 0 spiro atoms. The van der Waals surface area contributed by atoms with E-state index in [1.165, 1.54) is 0 Å². The van der Waals surface area contributed by atoms with Crippen molar-refractivity contribution < 1.29 is 44.0 Å². The molecule has 4 aliphatic carbocycles. The molecule has 10 heteroatoms. The van der Waals surface area contributed by atoms with Crippen LogP contribution in [-0.4, -0.2) is 69.1 Å². The second kappa shape index (κ2) is 11.4. The molecule has 10 nitrogen and oxygen atoms in total. The predicted molar refractivity (Wildman–Crippen MR) is 147 cm³/mol. The lowest BCUT2D eigenvalue weighted by Gasteiger charge is -2.59. The highest BCUT2D eigenvalue weighted by molar-refractivity contribution is 6.01. The van der Waals surface area contributed by atoms with Gasteiger partial charge in [-0.05, 0) is 62.0 Å². The van der Waals surface area contributed by atoms with Crippen LogP contribution in [0.25, 0.3) is 0 Å². The first-order valence-corrected chi connectivity index (χ1v) is 14.7. The summed E-state index contributed by atoms with van der Waals surface area (Å²) in [5.74, 6) is -3.61.